The van der Waals surface area contributed by atoms with Crippen LogP contribution in [0, 0.1) is 0 Å². The van der Waals surface area contributed by atoms with Crippen LogP contribution in [0.25, 0.3) is 0 Å². The molecule has 0 N–H and O–H groups in total. The predicted octanol–water partition coefficient (Wildman–Crippen LogP) is 1.27. The molecule has 1 aromatic rings. The van der Waals surface area contributed by atoms with E-state index < -0.39 is 5.56 Å². The lowest BCUT2D eigenvalue weighted by atomic mass is 10.3. The molecule has 0 fully saturated rings. The van der Waals surface area contributed by atoms with Gasteiger partial charge in [0.15, 0.2) is 11.4 Å². The Morgan fingerprint density at radius 3 is 2.54 bits per heavy atom. The Kier molecular flexibility index (Phi) is 4.99. The first-order chi connectivity index (χ1) is 6.15. The van der Waals surface area contributed by atoms with E-state index in [1.165, 1.54) is 13.1 Å². The Morgan fingerprint density at radius 2 is 2.08 bits per heavy atom. The summed E-state index contributed by atoms with van der Waals surface area (Å²) in [4.78, 5) is 21.2. The lowest BCUT2D eigenvalue weighted by molar-refractivity contribution is 0.112. The van der Waals surface area contributed by atoms with Crippen LogP contribution in [0.4, 0.5) is 0 Å². The van der Waals surface area contributed by atoms with Crippen LogP contribution in [-0.2, 0) is 7.05 Å². The van der Waals surface area contributed by atoms with E-state index in [-0.39, 0.29) is 10.7 Å². The smallest absolute Gasteiger partial charge is 0.277 e. The van der Waals surface area contributed by atoms with Gasteiger partial charge in [-0.1, -0.05) is 25.4 Å². The minimum absolute atomic E-state index is 0.0208. The van der Waals surface area contributed by atoms with E-state index in [2.05, 4.69) is 5.10 Å². The normalized spacial score (nSPS) is 8.62. The highest BCUT2D eigenvalue weighted by atomic mass is 35.5. The molecule has 0 unspecified atom stereocenters. The standard InChI is InChI=1S/C6H5ClN2O2.C2H6/c1-9-6(11)4(3-10)2-5(7)8-9;1-2/h2-3H,1H3;1-2H3. The molecule has 0 radical (unpaired) electrons. The Labute approximate surface area is 81.1 Å². The third-order valence-electron chi connectivity index (χ3n) is 1.19. The van der Waals surface area contributed by atoms with Crippen LogP contribution in [0.2, 0.25) is 5.15 Å². The fraction of sp³-hybridized carbons (Fsp3) is 0.375. The highest BCUT2D eigenvalue weighted by Gasteiger charge is 2.01. The number of halogens is 1. The summed E-state index contributed by atoms with van der Waals surface area (Å²) in [5.41, 5.74) is -0.420. The van der Waals surface area contributed by atoms with Gasteiger partial charge in [0.25, 0.3) is 5.56 Å². The molecule has 0 aliphatic carbocycles. The van der Waals surface area contributed by atoms with E-state index in [1.807, 2.05) is 13.8 Å². The van der Waals surface area contributed by atoms with Crippen molar-refractivity contribution in [2.75, 3.05) is 0 Å². The summed E-state index contributed by atoms with van der Waals surface area (Å²) in [6, 6.07) is 1.23. The third-order valence-corrected chi connectivity index (χ3v) is 1.37. The van der Waals surface area contributed by atoms with E-state index in [4.69, 9.17) is 11.6 Å². The predicted molar refractivity (Wildman–Crippen MR) is 51.2 cm³/mol. The molecule has 0 saturated carbocycles. The van der Waals surface area contributed by atoms with Crippen LogP contribution in [0.1, 0.15) is 24.2 Å². The monoisotopic (exact) mass is 202 g/mol. The first kappa shape index (κ1) is 11.8. The van der Waals surface area contributed by atoms with Crippen LogP contribution in [-0.4, -0.2) is 16.1 Å². The van der Waals surface area contributed by atoms with E-state index in [0.29, 0.717) is 6.29 Å². The van der Waals surface area contributed by atoms with Gasteiger partial charge in [0.05, 0.1) is 5.56 Å². The van der Waals surface area contributed by atoms with Gasteiger partial charge in [-0.25, -0.2) is 4.68 Å². The summed E-state index contributed by atoms with van der Waals surface area (Å²) >= 11 is 5.47. The summed E-state index contributed by atoms with van der Waals surface area (Å²) < 4.78 is 1.02. The highest BCUT2D eigenvalue weighted by Crippen LogP contribution is 2.00. The molecular weight excluding hydrogens is 192 g/mol. The second-order valence-electron chi connectivity index (χ2n) is 1.97. The van der Waals surface area contributed by atoms with Crippen molar-refractivity contribution in [3.05, 3.63) is 27.1 Å². The van der Waals surface area contributed by atoms with E-state index >= 15 is 0 Å². The molecule has 1 heterocycles. The summed E-state index contributed by atoms with van der Waals surface area (Å²) in [6.45, 7) is 4.00. The number of aromatic nitrogens is 2. The topological polar surface area (TPSA) is 52.0 Å². The number of aryl methyl sites for hydroxylation is 1. The fourth-order valence-electron chi connectivity index (χ4n) is 0.679. The van der Waals surface area contributed by atoms with Crippen molar-refractivity contribution in [1.82, 2.24) is 9.78 Å². The molecule has 1 rings (SSSR count). The first-order valence-corrected chi connectivity index (χ1v) is 4.22. The number of nitrogens with zero attached hydrogens (tertiary/aromatic N) is 2. The average Bonchev–Trinajstić information content (AvgIpc) is 2.14. The first-order valence-electron chi connectivity index (χ1n) is 3.84. The van der Waals surface area contributed by atoms with Gasteiger partial charge in [-0.15, -0.1) is 0 Å². The average molecular weight is 203 g/mol. The van der Waals surface area contributed by atoms with Crippen molar-refractivity contribution in [2.45, 2.75) is 13.8 Å². The molecule has 0 spiro atoms. The van der Waals surface area contributed by atoms with Gasteiger partial charge in [0, 0.05) is 7.05 Å². The van der Waals surface area contributed by atoms with Gasteiger partial charge in [0.1, 0.15) is 0 Å². The highest BCUT2D eigenvalue weighted by molar-refractivity contribution is 6.29. The number of aldehydes is 1. The lowest BCUT2D eigenvalue weighted by Gasteiger charge is -1.96. The molecular formula is C8H11ClN2O2. The number of carbonyl (C=O) groups excluding carboxylic acids is 1. The van der Waals surface area contributed by atoms with Gasteiger partial charge in [-0.3, -0.25) is 9.59 Å². The fourth-order valence-corrected chi connectivity index (χ4v) is 0.910. The third kappa shape index (κ3) is 2.99. The molecule has 0 atom stereocenters. The molecule has 0 amide bonds. The molecule has 5 heteroatoms. The number of hydrogen-bond donors (Lipinski definition) is 0. The molecule has 4 nitrogen and oxygen atoms in total. The van der Waals surface area contributed by atoms with Crippen molar-refractivity contribution in [3.63, 3.8) is 0 Å². The molecule has 0 aliphatic rings. The van der Waals surface area contributed by atoms with Gasteiger partial charge in [-0.05, 0) is 6.07 Å². The van der Waals surface area contributed by atoms with Gasteiger partial charge in [-0.2, -0.15) is 5.10 Å². The molecule has 0 aliphatic heterocycles. The maximum atomic E-state index is 11.0. The largest absolute Gasteiger partial charge is 0.298 e. The van der Waals surface area contributed by atoms with Gasteiger partial charge in [0.2, 0.25) is 0 Å². The number of carbonyl (C=O) groups is 1. The lowest BCUT2D eigenvalue weighted by Crippen LogP contribution is -2.22. The Morgan fingerprint density at radius 1 is 1.54 bits per heavy atom. The summed E-state index contributed by atoms with van der Waals surface area (Å²) in [7, 11) is 1.43. The quantitative estimate of drug-likeness (QED) is 0.645. The Bertz CT molecular complexity index is 346. The Balaban J connectivity index is 0.000000671. The second-order valence-corrected chi connectivity index (χ2v) is 2.36. The SMILES string of the molecule is CC.Cn1nc(Cl)cc(C=O)c1=O. The van der Waals surface area contributed by atoms with Crippen molar-refractivity contribution in [1.29, 1.82) is 0 Å². The van der Waals surface area contributed by atoms with Crippen LogP contribution >= 0.6 is 11.6 Å². The van der Waals surface area contributed by atoms with Gasteiger partial charge >= 0.3 is 0 Å². The molecule has 0 aromatic carbocycles. The summed E-state index contributed by atoms with van der Waals surface area (Å²) in [6.07, 6.45) is 0.454. The minimum Gasteiger partial charge on any atom is -0.298 e. The number of hydrogen-bond acceptors (Lipinski definition) is 3. The van der Waals surface area contributed by atoms with E-state index in [0.717, 1.165) is 4.68 Å². The zero-order chi connectivity index (χ0) is 10.4. The van der Waals surface area contributed by atoms with Crippen molar-refractivity contribution < 1.29 is 4.79 Å². The molecule has 0 saturated heterocycles. The maximum Gasteiger partial charge on any atom is 0.277 e. The summed E-state index contributed by atoms with van der Waals surface area (Å²) in [5, 5.41) is 3.73. The van der Waals surface area contributed by atoms with Crippen LogP contribution in [0.5, 0.6) is 0 Å². The van der Waals surface area contributed by atoms with Crippen molar-refractivity contribution in [3.8, 4) is 0 Å². The van der Waals surface area contributed by atoms with Crippen molar-refractivity contribution >= 4 is 17.9 Å². The molecule has 13 heavy (non-hydrogen) atoms. The van der Waals surface area contributed by atoms with E-state index in [9.17, 15) is 9.59 Å². The minimum atomic E-state index is -0.440. The molecule has 0 bridgehead atoms. The second kappa shape index (κ2) is 5.48. The summed E-state index contributed by atoms with van der Waals surface area (Å²) in [5.74, 6) is 0. The van der Waals surface area contributed by atoms with Crippen molar-refractivity contribution in [2.24, 2.45) is 7.05 Å². The molecule has 1 aromatic heterocycles. The zero-order valence-corrected chi connectivity index (χ0v) is 8.50. The van der Waals surface area contributed by atoms with E-state index in [1.54, 1.807) is 0 Å². The molecule has 72 valence electrons. The van der Waals surface area contributed by atoms with Crippen LogP contribution in [0.15, 0.2) is 10.9 Å². The Hall–Kier alpha value is -1.16. The van der Waals surface area contributed by atoms with Gasteiger partial charge < -0.3 is 0 Å². The van der Waals surface area contributed by atoms with Crippen LogP contribution in [0.3, 0.4) is 0 Å². The maximum absolute atomic E-state index is 11.0. The zero-order valence-electron chi connectivity index (χ0n) is 7.74. The van der Waals surface area contributed by atoms with Crippen LogP contribution < -0.4 is 5.56 Å². The number of rotatable bonds is 1.